The molecule has 1 aromatic carbocycles. The van der Waals surface area contributed by atoms with Gasteiger partial charge >= 0.3 is 0 Å². The second kappa shape index (κ2) is 4.20. The molecule has 2 heterocycles. The minimum absolute atomic E-state index is 0.580. The number of hydrogen-bond acceptors (Lipinski definition) is 4. The first-order valence-electron chi connectivity index (χ1n) is 6.11. The van der Waals surface area contributed by atoms with Crippen molar-refractivity contribution in [1.82, 2.24) is 5.32 Å². The third-order valence-electron chi connectivity index (χ3n) is 3.51. The monoisotopic (exact) mass is 235 g/mol. The second-order valence-corrected chi connectivity index (χ2v) is 4.64. The van der Waals surface area contributed by atoms with Crippen LogP contribution in [-0.2, 0) is 5.60 Å². The average molecular weight is 235 g/mol. The fraction of sp³-hybridized carbons (Fsp3) is 0.538. The molecular weight excluding hydrogens is 218 g/mol. The number of rotatable bonds is 1. The van der Waals surface area contributed by atoms with Gasteiger partial charge in [-0.3, -0.25) is 0 Å². The number of ether oxygens (including phenoxy) is 2. The van der Waals surface area contributed by atoms with Gasteiger partial charge in [-0.05, 0) is 43.6 Å². The van der Waals surface area contributed by atoms with E-state index < -0.39 is 5.60 Å². The Labute approximate surface area is 101 Å². The van der Waals surface area contributed by atoms with Gasteiger partial charge in [-0.15, -0.1) is 0 Å². The fourth-order valence-electron chi connectivity index (χ4n) is 2.46. The lowest BCUT2D eigenvalue weighted by Gasteiger charge is -2.33. The van der Waals surface area contributed by atoms with Gasteiger partial charge < -0.3 is 19.9 Å². The van der Waals surface area contributed by atoms with E-state index in [1.54, 1.807) is 0 Å². The van der Waals surface area contributed by atoms with Crippen molar-refractivity contribution in [1.29, 1.82) is 0 Å². The predicted molar refractivity (Wildman–Crippen MR) is 63.4 cm³/mol. The molecular formula is C13H17NO3. The van der Waals surface area contributed by atoms with Crippen molar-refractivity contribution >= 4 is 0 Å². The highest BCUT2D eigenvalue weighted by molar-refractivity contribution is 5.45. The van der Waals surface area contributed by atoms with Crippen LogP contribution in [0, 0.1) is 0 Å². The third-order valence-corrected chi connectivity index (χ3v) is 3.51. The second-order valence-electron chi connectivity index (χ2n) is 4.64. The van der Waals surface area contributed by atoms with Crippen LogP contribution in [0.2, 0.25) is 0 Å². The van der Waals surface area contributed by atoms with Crippen LogP contribution in [-0.4, -0.2) is 31.4 Å². The minimum Gasteiger partial charge on any atom is -0.486 e. The first-order valence-corrected chi connectivity index (χ1v) is 6.11. The Bertz CT molecular complexity index is 413. The van der Waals surface area contributed by atoms with Gasteiger partial charge in [-0.1, -0.05) is 6.07 Å². The molecule has 0 spiro atoms. The van der Waals surface area contributed by atoms with Crippen LogP contribution in [0.3, 0.4) is 0 Å². The van der Waals surface area contributed by atoms with Gasteiger partial charge in [0.1, 0.15) is 13.2 Å². The molecule has 0 bridgehead atoms. The minimum atomic E-state index is -0.721. The molecule has 92 valence electrons. The van der Waals surface area contributed by atoms with E-state index in [1.165, 1.54) is 0 Å². The summed E-state index contributed by atoms with van der Waals surface area (Å²) in [6, 6.07) is 5.75. The highest BCUT2D eigenvalue weighted by atomic mass is 16.6. The van der Waals surface area contributed by atoms with Gasteiger partial charge in [0.15, 0.2) is 11.5 Å². The van der Waals surface area contributed by atoms with Crippen molar-refractivity contribution in [2.24, 2.45) is 0 Å². The Kier molecular flexibility index (Phi) is 2.68. The Morgan fingerprint density at radius 3 is 2.53 bits per heavy atom. The van der Waals surface area contributed by atoms with Gasteiger partial charge in [-0.2, -0.15) is 0 Å². The van der Waals surface area contributed by atoms with E-state index in [9.17, 15) is 5.11 Å². The number of benzene rings is 1. The number of nitrogens with one attached hydrogen (secondary N) is 1. The molecule has 0 saturated carbocycles. The summed E-state index contributed by atoms with van der Waals surface area (Å²) in [5, 5.41) is 13.9. The molecule has 4 nitrogen and oxygen atoms in total. The van der Waals surface area contributed by atoms with Gasteiger partial charge in [0, 0.05) is 0 Å². The molecule has 4 heteroatoms. The molecule has 0 amide bonds. The number of piperidine rings is 1. The molecule has 0 radical (unpaired) electrons. The molecule has 1 saturated heterocycles. The first kappa shape index (κ1) is 10.9. The zero-order valence-corrected chi connectivity index (χ0v) is 9.74. The maximum atomic E-state index is 10.6. The first-order chi connectivity index (χ1) is 8.28. The summed E-state index contributed by atoms with van der Waals surface area (Å²) < 4.78 is 11.0. The molecule has 0 atom stereocenters. The highest BCUT2D eigenvalue weighted by Gasteiger charge is 2.32. The molecule has 0 unspecified atom stereocenters. The molecule has 0 aromatic heterocycles. The van der Waals surface area contributed by atoms with Gasteiger partial charge in [0.2, 0.25) is 0 Å². The Hall–Kier alpha value is -1.26. The quantitative estimate of drug-likeness (QED) is 0.763. The van der Waals surface area contributed by atoms with E-state index in [2.05, 4.69) is 5.32 Å². The topological polar surface area (TPSA) is 50.7 Å². The van der Waals surface area contributed by atoms with Crippen molar-refractivity contribution in [3.05, 3.63) is 23.8 Å². The molecule has 17 heavy (non-hydrogen) atoms. The van der Waals surface area contributed by atoms with Crippen LogP contribution in [0.1, 0.15) is 18.4 Å². The molecule has 2 aliphatic heterocycles. The summed E-state index contributed by atoms with van der Waals surface area (Å²) >= 11 is 0. The van der Waals surface area contributed by atoms with Crippen molar-refractivity contribution < 1.29 is 14.6 Å². The van der Waals surface area contributed by atoms with E-state index in [0.717, 1.165) is 43.0 Å². The lowest BCUT2D eigenvalue weighted by atomic mass is 9.85. The molecule has 2 aliphatic rings. The van der Waals surface area contributed by atoms with Crippen LogP contribution in [0.25, 0.3) is 0 Å². The van der Waals surface area contributed by atoms with Gasteiger partial charge in [0.25, 0.3) is 0 Å². The fourth-order valence-corrected chi connectivity index (χ4v) is 2.46. The van der Waals surface area contributed by atoms with Crippen molar-refractivity contribution in [2.45, 2.75) is 18.4 Å². The Morgan fingerprint density at radius 2 is 1.76 bits per heavy atom. The van der Waals surface area contributed by atoms with Crippen LogP contribution in [0.15, 0.2) is 18.2 Å². The molecule has 1 aromatic rings. The van der Waals surface area contributed by atoms with Crippen LogP contribution in [0.4, 0.5) is 0 Å². The number of aliphatic hydroxyl groups is 1. The Morgan fingerprint density at radius 1 is 1.06 bits per heavy atom. The van der Waals surface area contributed by atoms with Crippen LogP contribution >= 0.6 is 0 Å². The van der Waals surface area contributed by atoms with E-state index >= 15 is 0 Å². The van der Waals surface area contributed by atoms with Crippen LogP contribution < -0.4 is 14.8 Å². The largest absolute Gasteiger partial charge is 0.486 e. The SMILES string of the molecule is OC1(c2ccc3c(c2)OCCO3)CCNCC1. The summed E-state index contributed by atoms with van der Waals surface area (Å²) in [5.74, 6) is 1.53. The normalized spacial score (nSPS) is 22.2. The zero-order chi connectivity index (χ0) is 11.7. The maximum Gasteiger partial charge on any atom is 0.161 e. The predicted octanol–water partition coefficient (Wildman–Crippen LogP) is 1.03. The lowest BCUT2D eigenvalue weighted by molar-refractivity contribution is 0.00550. The van der Waals surface area contributed by atoms with E-state index in [-0.39, 0.29) is 0 Å². The van der Waals surface area contributed by atoms with E-state index in [0.29, 0.717) is 13.2 Å². The highest BCUT2D eigenvalue weighted by Crippen LogP contribution is 2.37. The molecule has 0 aliphatic carbocycles. The van der Waals surface area contributed by atoms with E-state index in [4.69, 9.17) is 9.47 Å². The lowest BCUT2D eigenvalue weighted by Crippen LogP contribution is -2.39. The third kappa shape index (κ3) is 1.98. The standard InChI is InChI=1S/C13H17NO3/c15-13(3-5-14-6-4-13)10-1-2-11-12(9-10)17-8-7-16-11/h1-2,9,14-15H,3-8H2. The summed E-state index contributed by atoms with van der Waals surface area (Å²) in [5.41, 5.74) is 0.212. The van der Waals surface area contributed by atoms with Gasteiger partial charge in [0.05, 0.1) is 5.60 Å². The zero-order valence-electron chi connectivity index (χ0n) is 9.74. The van der Waals surface area contributed by atoms with Crippen molar-refractivity contribution in [3.63, 3.8) is 0 Å². The Balaban J connectivity index is 1.92. The van der Waals surface area contributed by atoms with Crippen molar-refractivity contribution in [2.75, 3.05) is 26.3 Å². The van der Waals surface area contributed by atoms with E-state index in [1.807, 2.05) is 18.2 Å². The van der Waals surface area contributed by atoms with Crippen LogP contribution in [0.5, 0.6) is 11.5 Å². The number of hydrogen-bond donors (Lipinski definition) is 2. The summed E-state index contributed by atoms with van der Waals surface area (Å²) in [6.07, 6.45) is 1.49. The summed E-state index contributed by atoms with van der Waals surface area (Å²) in [7, 11) is 0. The van der Waals surface area contributed by atoms with Crippen molar-refractivity contribution in [3.8, 4) is 11.5 Å². The number of fused-ring (bicyclic) bond motifs is 1. The molecule has 2 N–H and O–H groups in total. The maximum absolute atomic E-state index is 10.6. The average Bonchev–Trinajstić information content (AvgIpc) is 2.39. The van der Waals surface area contributed by atoms with Gasteiger partial charge in [-0.25, -0.2) is 0 Å². The molecule has 1 fully saturated rings. The smallest absolute Gasteiger partial charge is 0.161 e. The molecule has 3 rings (SSSR count). The summed E-state index contributed by atoms with van der Waals surface area (Å²) in [6.45, 7) is 2.88. The summed E-state index contributed by atoms with van der Waals surface area (Å²) in [4.78, 5) is 0.